The molecule has 0 saturated carbocycles. The Kier molecular flexibility index (Phi) is 2.13. The van der Waals surface area contributed by atoms with Crippen molar-refractivity contribution in [2.45, 2.75) is 0 Å². The second kappa shape index (κ2) is 9.44. The van der Waals surface area contributed by atoms with Crippen LogP contribution in [0.5, 0.6) is 0 Å². The minimum atomic E-state index is -1.06. The zero-order chi connectivity index (χ0) is 51.0. The third-order valence-electron chi connectivity index (χ3n) is 6.89. The predicted octanol–water partition coefficient (Wildman–Crippen LogP) is 12.0. The van der Waals surface area contributed by atoms with Gasteiger partial charge in [0.2, 0.25) is 0 Å². The van der Waals surface area contributed by atoms with Gasteiger partial charge in [-0.15, -0.1) is 0 Å². The second-order valence-corrected chi connectivity index (χ2v) is 9.26. The fraction of sp³-hybridized carbons (Fsp3) is 0. The summed E-state index contributed by atoms with van der Waals surface area (Å²) >= 11 is 0. The molecule has 43 heavy (non-hydrogen) atoms. The molecule has 0 aliphatic heterocycles. The lowest BCUT2D eigenvalue weighted by Crippen LogP contribution is -1.91. The Morgan fingerprint density at radius 2 is 0.814 bits per heavy atom. The predicted molar refractivity (Wildman–Crippen MR) is 183 cm³/mol. The molecule has 1 aromatic heterocycles. The highest BCUT2D eigenvalue weighted by molar-refractivity contribution is 6.21. The van der Waals surface area contributed by atoms with Crippen LogP contribution in [0.3, 0.4) is 0 Å². The van der Waals surface area contributed by atoms with Gasteiger partial charge in [-0.1, -0.05) is 133 Å². The zero-order valence-electron chi connectivity index (χ0n) is 47.4. The van der Waals surface area contributed by atoms with Gasteiger partial charge in [0, 0.05) is 10.8 Å². The SMILES string of the molecule is [2H]c1c([2H])c(-c2c3c([2H])c([2H])c([2H])c([2H])c3c(-c3c([2H])c([2H])c4c([2H])c([2H])c([2H])c([2H])c4c3[2H])c3c([2H])c([2H])c([2H])c([2H])c23)c([2H])c([2H])c1-c1c([2H])c([2H])c2c(oc3c([2H])c([2H])c([2H])c([2H])c32)c1[2H]. The van der Waals surface area contributed by atoms with E-state index < -0.39 is 234 Å². The van der Waals surface area contributed by atoms with Crippen molar-refractivity contribution >= 4 is 54.3 Å². The third kappa shape index (κ3) is 3.79. The van der Waals surface area contributed by atoms with E-state index in [1.54, 1.807) is 0 Å². The Bertz CT molecular complexity index is 3860. The topological polar surface area (TPSA) is 13.1 Å². The van der Waals surface area contributed by atoms with Gasteiger partial charge in [0.05, 0.1) is 35.6 Å². The van der Waals surface area contributed by atoms with Crippen LogP contribution in [0.25, 0.3) is 87.6 Å². The van der Waals surface area contributed by atoms with E-state index in [0.717, 1.165) is 0 Å². The lowest BCUT2D eigenvalue weighted by atomic mass is 9.85. The third-order valence-corrected chi connectivity index (χ3v) is 6.89. The van der Waals surface area contributed by atoms with Crippen LogP contribution in [0.2, 0.25) is 0 Å². The number of para-hydroxylation sites is 1. The Morgan fingerprint density at radius 1 is 0.326 bits per heavy atom. The minimum absolute atomic E-state index is 0.331. The van der Waals surface area contributed by atoms with Crippen molar-refractivity contribution in [3.05, 3.63) is 157 Å². The van der Waals surface area contributed by atoms with E-state index in [1.807, 2.05) is 0 Å². The summed E-state index contributed by atoms with van der Waals surface area (Å²) in [5, 5.41) is -4.73. The first kappa shape index (κ1) is 9.69. The van der Waals surface area contributed by atoms with Crippen LogP contribution in [0.4, 0.5) is 0 Å². The van der Waals surface area contributed by atoms with Crippen LogP contribution in [0.1, 0.15) is 35.6 Å². The summed E-state index contributed by atoms with van der Waals surface area (Å²) in [6.07, 6.45) is 0. The maximum Gasteiger partial charge on any atom is 0.136 e. The summed E-state index contributed by atoms with van der Waals surface area (Å²) in [4.78, 5) is 0. The number of rotatable bonds is 3. The van der Waals surface area contributed by atoms with E-state index in [4.69, 9.17) is 26.3 Å². The first-order chi connectivity index (χ1) is 32.2. The molecule has 0 fully saturated rings. The molecule has 200 valence electrons. The van der Waals surface area contributed by atoms with Gasteiger partial charge in [-0.2, -0.15) is 0 Å². The van der Waals surface area contributed by atoms with E-state index in [0.29, 0.717) is 0 Å². The standard InChI is InChI=1S/C42H26O/c1-2-10-30-25-32(22-19-27(30)9-1)42-37-14-5-3-12-35(37)41(36-13-4-6-15-38(36)42)29-20-17-28(18-21-29)31-23-24-34-33-11-7-8-16-39(33)43-40(34)26-31/h1-26H/i1D,2D,3D,4D,5D,6D,7D,8D,9D,10D,11D,12D,13D,14D,15D,16D,17D,18D,19D,20D,21D,22D,23D,24D,25D,26D. The Morgan fingerprint density at radius 3 is 1.51 bits per heavy atom. The summed E-state index contributed by atoms with van der Waals surface area (Å²) in [6.45, 7) is 0. The van der Waals surface area contributed by atoms with Crippen molar-refractivity contribution in [2.75, 3.05) is 0 Å². The second-order valence-electron chi connectivity index (χ2n) is 9.26. The number of furan rings is 1. The molecule has 1 nitrogen and oxygen atoms in total. The highest BCUT2D eigenvalue weighted by Crippen LogP contribution is 2.44. The molecule has 9 aromatic rings. The number of benzene rings is 8. The molecule has 1 heterocycles. The highest BCUT2D eigenvalue weighted by atomic mass is 16.3. The maximum absolute atomic E-state index is 9.47. The van der Waals surface area contributed by atoms with E-state index in [-0.39, 0.29) is 10.8 Å². The van der Waals surface area contributed by atoms with Crippen LogP contribution in [-0.4, -0.2) is 0 Å². The smallest absolute Gasteiger partial charge is 0.136 e. The van der Waals surface area contributed by atoms with Crippen LogP contribution >= 0.6 is 0 Å². The average molecular weight is 573 g/mol. The monoisotopic (exact) mass is 572 g/mol. The number of hydrogen-bond donors (Lipinski definition) is 0. The van der Waals surface area contributed by atoms with Crippen LogP contribution < -0.4 is 0 Å². The molecule has 0 unspecified atom stereocenters. The molecule has 0 atom stereocenters. The summed E-state index contributed by atoms with van der Waals surface area (Å²) < 4.78 is 237. The minimum Gasteiger partial charge on any atom is -0.456 e. The normalized spacial score (nSPS) is 20.2. The van der Waals surface area contributed by atoms with Crippen molar-refractivity contribution in [1.29, 1.82) is 0 Å². The molecule has 0 radical (unpaired) electrons. The number of hydrogen-bond acceptors (Lipinski definition) is 1. The summed E-state index contributed by atoms with van der Waals surface area (Å²) in [5.41, 5.74) is -5.54. The first-order valence-corrected chi connectivity index (χ1v) is 12.7. The van der Waals surface area contributed by atoms with Gasteiger partial charge in [-0.25, -0.2) is 0 Å². The molecule has 8 aromatic carbocycles. The quantitative estimate of drug-likeness (QED) is 0.192. The Hall–Kier alpha value is -5.66. The molecule has 1 heteroatoms. The lowest BCUT2D eigenvalue weighted by Gasteiger charge is -2.18. The zero-order valence-corrected chi connectivity index (χ0v) is 21.4. The van der Waals surface area contributed by atoms with E-state index in [9.17, 15) is 13.7 Å². The molecule has 0 saturated heterocycles. The van der Waals surface area contributed by atoms with E-state index in [2.05, 4.69) is 0 Å². The molecule has 0 bridgehead atoms. The van der Waals surface area contributed by atoms with Gasteiger partial charge >= 0.3 is 0 Å². The molecule has 0 aliphatic rings. The van der Waals surface area contributed by atoms with Crippen LogP contribution in [0, 0.1) is 0 Å². The van der Waals surface area contributed by atoms with Gasteiger partial charge in [-0.3, -0.25) is 0 Å². The molecular weight excluding hydrogens is 520 g/mol. The Balaban J connectivity index is 1.51. The number of fused-ring (bicyclic) bond motifs is 6. The van der Waals surface area contributed by atoms with Gasteiger partial charge in [0.15, 0.2) is 0 Å². The largest absolute Gasteiger partial charge is 0.456 e. The van der Waals surface area contributed by atoms with E-state index >= 15 is 0 Å². The summed E-state index contributed by atoms with van der Waals surface area (Å²) in [7, 11) is 0. The van der Waals surface area contributed by atoms with Crippen LogP contribution in [0.15, 0.2) is 162 Å². The lowest BCUT2D eigenvalue weighted by molar-refractivity contribution is 0.669. The van der Waals surface area contributed by atoms with Crippen LogP contribution in [-0.2, 0) is 0 Å². The van der Waals surface area contributed by atoms with Gasteiger partial charge in [-0.05, 0) is 89.9 Å². The molecule has 0 aliphatic carbocycles. The highest BCUT2D eigenvalue weighted by Gasteiger charge is 2.17. The van der Waals surface area contributed by atoms with Crippen molar-refractivity contribution in [3.63, 3.8) is 0 Å². The fourth-order valence-corrected chi connectivity index (χ4v) is 5.02. The summed E-state index contributed by atoms with van der Waals surface area (Å²) in [5.74, 6) is 0. The maximum atomic E-state index is 9.47. The average Bonchev–Trinajstić information content (AvgIpc) is 3.73. The molecule has 9 rings (SSSR count). The fourth-order valence-electron chi connectivity index (χ4n) is 5.02. The van der Waals surface area contributed by atoms with Crippen molar-refractivity contribution < 1.29 is 40.1 Å². The molecule has 0 spiro atoms. The van der Waals surface area contributed by atoms with Crippen molar-refractivity contribution in [3.8, 4) is 33.4 Å². The van der Waals surface area contributed by atoms with Gasteiger partial charge < -0.3 is 4.42 Å². The summed E-state index contributed by atoms with van der Waals surface area (Å²) in [6, 6.07) is -23.2. The Labute approximate surface area is 285 Å². The molecule has 0 N–H and O–H groups in total. The molecular formula is C42H26O. The van der Waals surface area contributed by atoms with E-state index in [1.165, 1.54) is 0 Å². The van der Waals surface area contributed by atoms with Crippen molar-refractivity contribution in [2.24, 2.45) is 0 Å². The van der Waals surface area contributed by atoms with Gasteiger partial charge in [0.1, 0.15) is 11.2 Å². The molecule has 0 amide bonds. The van der Waals surface area contributed by atoms with Gasteiger partial charge in [0.25, 0.3) is 0 Å². The van der Waals surface area contributed by atoms with Crippen molar-refractivity contribution in [1.82, 2.24) is 0 Å². The first-order valence-electron chi connectivity index (χ1n) is 25.7.